The maximum absolute atomic E-state index is 12.2. The Morgan fingerprint density at radius 2 is 1.73 bits per heavy atom. The van der Waals surface area contributed by atoms with Crippen molar-refractivity contribution in [1.82, 2.24) is 14.7 Å². The van der Waals surface area contributed by atoms with Gasteiger partial charge in [-0.1, -0.05) is 51.1 Å². The first kappa shape index (κ1) is 18.8. The number of likely N-dealkylation sites (tertiary alicyclic amines) is 1. The zero-order chi connectivity index (χ0) is 18.7. The highest BCUT2D eigenvalue weighted by molar-refractivity contribution is 5.18. The molecule has 1 aliphatic rings. The van der Waals surface area contributed by atoms with Crippen molar-refractivity contribution in [3.63, 3.8) is 0 Å². The third-order valence-corrected chi connectivity index (χ3v) is 5.55. The number of nitrogens with zero attached hydrogens (tertiary/aromatic N) is 3. The van der Waals surface area contributed by atoms with Crippen molar-refractivity contribution in [3.8, 4) is 0 Å². The fourth-order valence-corrected chi connectivity index (χ4v) is 3.69. The summed E-state index contributed by atoms with van der Waals surface area (Å²) in [5.41, 5.74) is 2.33. The fraction of sp³-hybridized carbons (Fsp3) is 0.545. The third kappa shape index (κ3) is 4.42. The summed E-state index contributed by atoms with van der Waals surface area (Å²) in [4.78, 5) is 14.8. The molecule has 1 aliphatic heterocycles. The number of benzene rings is 1. The molecule has 1 unspecified atom stereocenters. The Labute approximate surface area is 156 Å². The highest BCUT2D eigenvalue weighted by Gasteiger charge is 2.24. The Morgan fingerprint density at radius 3 is 2.35 bits per heavy atom. The Kier molecular flexibility index (Phi) is 5.61. The van der Waals surface area contributed by atoms with Gasteiger partial charge in [0.05, 0.1) is 5.69 Å². The van der Waals surface area contributed by atoms with Crippen LogP contribution in [-0.4, -0.2) is 27.8 Å². The van der Waals surface area contributed by atoms with Crippen LogP contribution < -0.4 is 5.56 Å². The first-order chi connectivity index (χ1) is 12.3. The molecule has 2 aromatic rings. The van der Waals surface area contributed by atoms with E-state index in [0.29, 0.717) is 12.0 Å². The third-order valence-electron chi connectivity index (χ3n) is 5.55. The second-order valence-corrected chi connectivity index (χ2v) is 8.55. The van der Waals surface area contributed by atoms with E-state index in [1.54, 1.807) is 10.7 Å². The van der Waals surface area contributed by atoms with Gasteiger partial charge in [-0.3, -0.25) is 9.69 Å². The summed E-state index contributed by atoms with van der Waals surface area (Å²) in [6.45, 7) is 11.6. The smallest absolute Gasteiger partial charge is 0.266 e. The second-order valence-electron chi connectivity index (χ2n) is 8.55. The highest BCUT2D eigenvalue weighted by Crippen LogP contribution is 2.27. The zero-order valence-corrected chi connectivity index (χ0v) is 16.5. The van der Waals surface area contributed by atoms with E-state index in [-0.39, 0.29) is 11.0 Å². The average molecular weight is 354 g/mol. The molecule has 3 rings (SSSR count). The van der Waals surface area contributed by atoms with Crippen molar-refractivity contribution in [2.75, 3.05) is 13.1 Å². The molecular weight excluding hydrogens is 322 g/mol. The van der Waals surface area contributed by atoms with Gasteiger partial charge in [-0.15, -0.1) is 0 Å². The standard InChI is InChI=1S/C22H31N3O/c1-17(19-8-6-5-7-9-19)24-14-12-18(13-15-24)16-25-21(26)11-10-20(23-25)22(2,3)4/h5-11,17-18H,12-16H2,1-4H3. The molecular formula is C22H31N3O. The van der Waals surface area contributed by atoms with Crippen molar-refractivity contribution in [1.29, 1.82) is 0 Å². The van der Waals surface area contributed by atoms with E-state index in [1.165, 1.54) is 5.56 Å². The van der Waals surface area contributed by atoms with E-state index in [0.717, 1.165) is 38.2 Å². The minimum Gasteiger partial charge on any atom is -0.297 e. The van der Waals surface area contributed by atoms with E-state index in [4.69, 9.17) is 0 Å². The lowest BCUT2D eigenvalue weighted by molar-refractivity contribution is 0.131. The largest absolute Gasteiger partial charge is 0.297 e. The van der Waals surface area contributed by atoms with E-state index in [9.17, 15) is 4.79 Å². The van der Waals surface area contributed by atoms with Crippen molar-refractivity contribution in [2.24, 2.45) is 5.92 Å². The second kappa shape index (κ2) is 7.75. The molecule has 140 valence electrons. The van der Waals surface area contributed by atoms with E-state index >= 15 is 0 Å². The van der Waals surface area contributed by atoms with Gasteiger partial charge in [0.15, 0.2) is 0 Å². The van der Waals surface area contributed by atoms with Gasteiger partial charge < -0.3 is 0 Å². The van der Waals surface area contributed by atoms with Crippen LogP contribution in [0.5, 0.6) is 0 Å². The Balaban J connectivity index is 1.62. The molecule has 0 amide bonds. The summed E-state index contributed by atoms with van der Waals surface area (Å²) in [7, 11) is 0. The summed E-state index contributed by atoms with van der Waals surface area (Å²) in [6, 6.07) is 14.7. The average Bonchev–Trinajstić information content (AvgIpc) is 2.63. The predicted molar refractivity (Wildman–Crippen MR) is 106 cm³/mol. The van der Waals surface area contributed by atoms with Crippen LogP contribution in [0.25, 0.3) is 0 Å². The molecule has 1 saturated heterocycles. The molecule has 0 bridgehead atoms. The van der Waals surface area contributed by atoms with Gasteiger partial charge in [0, 0.05) is 24.1 Å². The molecule has 1 aromatic heterocycles. The predicted octanol–water partition coefficient (Wildman–Crippen LogP) is 4.01. The zero-order valence-electron chi connectivity index (χ0n) is 16.5. The molecule has 26 heavy (non-hydrogen) atoms. The lowest BCUT2D eigenvalue weighted by Crippen LogP contribution is -2.38. The Morgan fingerprint density at radius 1 is 1.08 bits per heavy atom. The van der Waals surface area contributed by atoms with Crippen molar-refractivity contribution >= 4 is 0 Å². The van der Waals surface area contributed by atoms with Crippen LogP contribution >= 0.6 is 0 Å². The first-order valence-corrected chi connectivity index (χ1v) is 9.72. The van der Waals surface area contributed by atoms with Crippen LogP contribution in [0.2, 0.25) is 0 Å². The number of aromatic nitrogens is 2. The molecule has 0 aliphatic carbocycles. The molecule has 0 radical (unpaired) electrons. The summed E-state index contributed by atoms with van der Waals surface area (Å²) in [6.07, 6.45) is 2.23. The fourth-order valence-electron chi connectivity index (χ4n) is 3.69. The molecule has 0 spiro atoms. The molecule has 1 fully saturated rings. The molecule has 0 saturated carbocycles. The normalized spacial score (nSPS) is 18.0. The molecule has 0 N–H and O–H groups in total. The van der Waals surface area contributed by atoms with Gasteiger partial charge in [-0.25, -0.2) is 4.68 Å². The van der Waals surface area contributed by atoms with Crippen molar-refractivity contribution in [2.45, 2.75) is 58.5 Å². The molecule has 4 nitrogen and oxygen atoms in total. The SMILES string of the molecule is CC(c1ccccc1)N1CCC(Cn2nc(C(C)(C)C)ccc2=O)CC1. The lowest BCUT2D eigenvalue weighted by Gasteiger charge is -2.36. The quantitative estimate of drug-likeness (QED) is 0.833. The van der Waals surface area contributed by atoms with E-state index < -0.39 is 0 Å². The number of rotatable bonds is 4. The highest BCUT2D eigenvalue weighted by atomic mass is 16.1. The number of piperidine rings is 1. The summed E-state index contributed by atoms with van der Waals surface area (Å²) in [5.74, 6) is 0.523. The number of hydrogen-bond acceptors (Lipinski definition) is 3. The topological polar surface area (TPSA) is 38.1 Å². The van der Waals surface area contributed by atoms with Gasteiger partial charge in [0.1, 0.15) is 0 Å². The van der Waals surface area contributed by atoms with Crippen LogP contribution in [0, 0.1) is 5.92 Å². The first-order valence-electron chi connectivity index (χ1n) is 9.72. The minimum absolute atomic E-state index is 0.0121. The van der Waals surface area contributed by atoms with Crippen LogP contribution in [-0.2, 0) is 12.0 Å². The van der Waals surface area contributed by atoms with Gasteiger partial charge in [0.25, 0.3) is 5.56 Å². The van der Waals surface area contributed by atoms with Crippen molar-refractivity contribution < 1.29 is 0 Å². The maximum Gasteiger partial charge on any atom is 0.266 e. The maximum atomic E-state index is 12.2. The lowest BCUT2D eigenvalue weighted by atomic mass is 9.92. The Hall–Kier alpha value is -1.94. The minimum atomic E-state index is -0.0378. The molecule has 1 aromatic carbocycles. The summed E-state index contributed by atoms with van der Waals surface area (Å²) < 4.78 is 1.68. The molecule has 2 heterocycles. The summed E-state index contributed by atoms with van der Waals surface area (Å²) in [5, 5.41) is 4.63. The van der Waals surface area contributed by atoms with E-state index in [1.807, 2.05) is 6.07 Å². The van der Waals surface area contributed by atoms with Gasteiger partial charge >= 0.3 is 0 Å². The van der Waals surface area contributed by atoms with Gasteiger partial charge in [-0.05, 0) is 50.4 Å². The monoisotopic (exact) mass is 353 g/mol. The molecule has 4 heteroatoms. The van der Waals surface area contributed by atoms with E-state index in [2.05, 4.69) is 68.0 Å². The van der Waals surface area contributed by atoms with Gasteiger partial charge in [0.2, 0.25) is 0 Å². The number of hydrogen-bond donors (Lipinski definition) is 0. The van der Waals surface area contributed by atoms with Crippen LogP contribution in [0.1, 0.15) is 57.8 Å². The van der Waals surface area contributed by atoms with Crippen molar-refractivity contribution in [3.05, 3.63) is 64.1 Å². The van der Waals surface area contributed by atoms with Crippen LogP contribution in [0.3, 0.4) is 0 Å². The Bertz CT molecular complexity index is 768. The van der Waals surface area contributed by atoms with Crippen LogP contribution in [0.15, 0.2) is 47.3 Å². The molecule has 1 atom stereocenters. The van der Waals surface area contributed by atoms with Gasteiger partial charge in [-0.2, -0.15) is 5.10 Å². The summed E-state index contributed by atoms with van der Waals surface area (Å²) >= 11 is 0. The van der Waals surface area contributed by atoms with Crippen LogP contribution in [0.4, 0.5) is 0 Å².